The summed E-state index contributed by atoms with van der Waals surface area (Å²) in [5, 5.41) is 12.5. The number of nitrogens with zero attached hydrogens (tertiary/aromatic N) is 2. The molecule has 0 aliphatic carbocycles. The third-order valence-corrected chi connectivity index (χ3v) is 6.68. The second kappa shape index (κ2) is 9.55. The van der Waals surface area contributed by atoms with Crippen molar-refractivity contribution in [2.24, 2.45) is 0 Å². The molecule has 0 radical (unpaired) electrons. The van der Waals surface area contributed by atoms with Gasteiger partial charge in [0, 0.05) is 38.6 Å². The van der Waals surface area contributed by atoms with Crippen LogP contribution in [0.25, 0.3) is 55.5 Å². The number of benzene rings is 3. The molecule has 7 heteroatoms. The molecular weight excluding hydrogens is 498 g/mol. The van der Waals surface area contributed by atoms with Crippen molar-refractivity contribution in [3.05, 3.63) is 106 Å². The van der Waals surface area contributed by atoms with Crippen LogP contribution in [0.3, 0.4) is 0 Å². The number of aromatic amines is 1. The quantitative estimate of drug-likeness (QED) is 0.238. The summed E-state index contributed by atoms with van der Waals surface area (Å²) in [4.78, 5) is 21.4. The predicted octanol–water partition coefficient (Wildman–Crippen LogP) is 7.59. The Balaban J connectivity index is 1.66. The number of ether oxygens (including phenoxy) is 1. The maximum absolute atomic E-state index is 13.3. The molecule has 0 spiro atoms. The number of aromatic nitrogens is 2. The van der Waals surface area contributed by atoms with Gasteiger partial charge in [-0.25, -0.2) is 9.78 Å². The van der Waals surface area contributed by atoms with Gasteiger partial charge in [-0.3, -0.25) is 0 Å². The first-order chi connectivity index (χ1) is 18.6. The van der Waals surface area contributed by atoms with E-state index in [2.05, 4.69) is 11.1 Å². The van der Waals surface area contributed by atoms with Crippen molar-refractivity contribution in [3.63, 3.8) is 0 Å². The molecular formula is C31H20ClN3O3. The fraction of sp³-hybridized carbons (Fsp3) is 0.0645. The van der Waals surface area contributed by atoms with Gasteiger partial charge >= 0.3 is 5.63 Å². The van der Waals surface area contributed by atoms with Crippen LogP contribution in [0.2, 0.25) is 5.02 Å². The Morgan fingerprint density at radius 1 is 1.00 bits per heavy atom. The van der Waals surface area contributed by atoms with Gasteiger partial charge in [0.2, 0.25) is 0 Å². The molecule has 1 N–H and O–H groups in total. The minimum Gasteiger partial charge on any atom is -0.490 e. The van der Waals surface area contributed by atoms with Crippen molar-refractivity contribution in [1.82, 2.24) is 9.97 Å². The van der Waals surface area contributed by atoms with Crippen LogP contribution in [0.1, 0.15) is 12.5 Å². The van der Waals surface area contributed by atoms with E-state index < -0.39 is 5.63 Å². The van der Waals surface area contributed by atoms with E-state index in [0.717, 1.165) is 22.0 Å². The summed E-state index contributed by atoms with van der Waals surface area (Å²) < 4.78 is 11.4. The molecule has 0 aliphatic heterocycles. The molecule has 0 bridgehead atoms. The van der Waals surface area contributed by atoms with Gasteiger partial charge in [-0.15, -0.1) is 0 Å². The SMILES string of the molecule is CCOc1cccc2cc(-c3cc(-c4ccc(Cl)cc4)c(C#N)c(-c4c[nH]c5ccccc45)n3)c(=O)oc12. The molecule has 6 nitrogen and oxygen atoms in total. The normalized spacial score (nSPS) is 11.1. The van der Waals surface area contributed by atoms with Gasteiger partial charge in [0.1, 0.15) is 6.07 Å². The van der Waals surface area contributed by atoms with E-state index in [0.29, 0.717) is 50.9 Å². The second-order valence-corrected chi connectivity index (χ2v) is 9.14. The summed E-state index contributed by atoms with van der Waals surface area (Å²) in [6, 6.07) is 26.4. The van der Waals surface area contributed by atoms with Crippen LogP contribution in [0.15, 0.2) is 94.3 Å². The molecule has 6 rings (SSSR count). The van der Waals surface area contributed by atoms with E-state index in [-0.39, 0.29) is 5.56 Å². The minimum absolute atomic E-state index is 0.284. The highest BCUT2D eigenvalue weighted by molar-refractivity contribution is 6.30. The molecule has 3 aromatic heterocycles. The van der Waals surface area contributed by atoms with Gasteiger partial charge < -0.3 is 14.1 Å². The topological polar surface area (TPSA) is 91.9 Å². The Hall–Kier alpha value is -4.86. The lowest BCUT2D eigenvalue weighted by Gasteiger charge is -2.13. The van der Waals surface area contributed by atoms with Crippen LogP contribution < -0.4 is 10.4 Å². The average molecular weight is 518 g/mol. The molecule has 0 aliphatic rings. The largest absolute Gasteiger partial charge is 0.490 e. The zero-order valence-corrected chi connectivity index (χ0v) is 21.0. The van der Waals surface area contributed by atoms with Crippen LogP contribution in [-0.2, 0) is 0 Å². The Bertz CT molecular complexity index is 1930. The molecule has 6 aromatic rings. The van der Waals surface area contributed by atoms with Crippen molar-refractivity contribution >= 4 is 33.5 Å². The van der Waals surface area contributed by atoms with E-state index in [1.807, 2.05) is 61.7 Å². The first-order valence-electron chi connectivity index (χ1n) is 12.0. The van der Waals surface area contributed by atoms with E-state index in [1.54, 1.807) is 30.3 Å². The van der Waals surface area contributed by atoms with Crippen LogP contribution in [0, 0.1) is 11.3 Å². The molecule has 3 aromatic carbocycles. The second-order valence-electron chi connectivity index (χ2n) is 8.70. The number of rotatable bonds is 5. The first-order valence-corrected chi connectivity index (χ1v) is 12.4. The molecule has 0 unspecified atom stereocenters. The van der Waals surface area contributed by atoms with Crippen molar-refractivity contribution in [2.75, 3.05) is 6.61 Å². The molecule has 38 heavy (non-hydrogen) atoms. The molecule has 0 atom stereocenters. The standard InChI is InChI=1S/C31H20ClN3O3/c1-2-37-28-9-5-6-19-14-23(31(36)38-30(19)28)27-15-22(18-10-12-20(32)13-11-18)24(16-33)29(35-27)25-17-34-26-8-4-3-7-21(25)26/h3-15,17,34H,2H2,1H3. The summed E-state index contributed by atoms with van der Waals surface area (Å²) in [6.07, 6.45) is 1.83. The molecule has 3 heterocycles. The van der Waals surface area contributed by atoms with Gasteiger partial charge in [0.15, 0.2) is 11.3 Å². The molecule has 0 fully saturated rings. The average Bonchev–Trinajstić information content (AvgIpc) is 3.37. The Kier molecular flexibility index (Phi) is 5.91. The van der Waals surface area contributed by atoms with Crippen LogP contribution in [-0.4, -0.2) is 16.6 Å². The van der Waals surface area contributed by atoms with Gasteiger partial charge in [0.25, 0.3) is 0 Å². The summed E-state index contributed by atoms with van der Waals surface area (Å²) >= 11 is 6.14. The lowest BCUT2D eigenvalue weighted by Crippen LogP contribution is -2.06. The maximum atomic E-state index is 13.3. The first kappa shape index (κ1) is 23.5. The number of H-pyrrole nitrogens is 1. The molecule has 0 saturated carbocycles. The summed E-state index contributed by atoms with van der Waals surface area (Å²) in [6.45, 7) is 2.32. The van der Waals surface area contributed by atoms with Crippen LogP contribution in [0.4, 0.5) is 0 Å². The number of nitriles is 1. The zero-order chi connectivity index (χ0) is 26.2. The van der Waals surface area contributed by atoms with Gasteiger partial charge in [0.05, 0.1) is 29.1 Å². The summed E-state index contributed by atoms with van der Waals surface area (Å²) in [5.74, 6) is 0.503. The highest BCUT2D eigenvalue weighted by Crippen LogP contribution is 2.38. The van der Waals surface area contributed by atoms with Gasteiger partial charge in [-0.1, -0.05) is 54.1 Å². The third-order valence-electron chi connectivity index (χ3n) is 6.43. The fourth-order valence-electron chi connectivity index (χ4n) is 4.68. The lowest BCUT2D eigenvalue weighted by molar-refractivity contribution is 0.337. The molecule has 0 saturated heterocycles. The molecule has 184 valence electrons. The summed E-state index contributed by atoms with van der Waals surface area (Å²) in [5.41, 5.74) is 4.47. The predicted molar refractivity (Wildman–Crippen MR) is 149 cm³/mol. The Morgan fingerprint density at radius 2 is 1.82 bits per heavy atom. The Labute approximate surface area is 222 Å². The highest BCUT2D eigenvalue weighted by Gasteiger charge is 2.21. The van der Waals surface area contributed by atoms with E-state index in [1.165, 1.54) is 0 Å². The number of hydrogen-bond donors (Lipinski definition) is 1. The maximum Gasteiger partial charge on any atom is 0.345 e. The lowest BCUT2D eigenvalue weighted by atomic mass is 9.94. The summed E-state index contributed by atoms with van der Waals surface area (Å²) in [7, 11) is 0. The number of para-hydroxylation sites is 2. The van der Waals surface area contributed by atoms with Crippen LogP contribution >= 0.6 is 11.6 Å². The number of nitrogens with one attached hydrogen (secondary N) is 1. The van der Waals surface area contributed by atoms with Crippen molar-refractivity contribution < 1.29 is 9.15 Å². The number of hydrogen-bond acceptors (Lipinski definition) is 5. The zero-order valence-electron chi connectivity index (χ0n) is 20.3. The van der Waals surface area contributed by atoms with Gasteiger partial charge in [-0.05, 0) is 48.9 Å². The Morgan fingerprint density at radius 3 is 2.61 bits per heavy atom. The smallest absolute Gasteiger partial charge is 0.345 e. The van der Waals surface area contributed by atoms with Crippen LogP contribution in [0.5, 0.6) is 5.75 Å². The number of fused-ring (bicyclic) bond motifs is 2. The fourth-order valence-corrected chi connectivity index (χ4v) is 4.81. The highest BCUT2D eigenvalue weighted by atomic mass is 35.5. The number of halogens is 1. The van der Waals surface area contributed by atoms with Crippen molar-refractivity contribution in [1.29, 1.82) is 5.26 Å². The van der Waals surface area contributed by atoms with E-state index in [4.69, 9.17) is 25.7 Å². The molecule has 0 amide bonds. The van der Waals surface area contributed by atoms with E-state index in [9.17, 15) is 10.1 Å². The third kappa shape index (κ3) is 4.00. The monoisotopic (exact) mass is 517 g/mol. The minimum atomic E-state index is -0.547. The van der Waals surface area contributed by atoms with Gasteiger partial charge in [-0.2, -0.15) is 5.26 Å². The van der Waals surface area contributed by atoms with Crippen molar-refractivity contribution in [2.45, 2.75) is 6.92 Å². The van der Waals surface area contributed by atoms with E-state index >= 15 is 0 Å². The number of pyridine rings is 1. The van der Waals surface area contributed by atoms with Crippen molar-refractivity contribution in [3.8, 4) is 45.5 Å².